The van der Waals surface area contributed by atoms with Gasteiger partial charge in [-0.2, -0.15) is 5.26 Å². The molecule has 0 bridgehead atoms. The van der Waals surface area contributed by atoms with Crippen LogP contribution in [0.2, 0.25) is 0 Å². The van der Waals surface area contributed by atoms with Crippen LogP contribution in [-0.4, -0.2) is 17.0 Å². The van der Waals surface area contributed by atoms with Gasteiger partial charge in [-0.3, -0.25) is 9.59 Å². The third kappa shape index (κ3) is 4.41. The second-order valence-corrected chi connectivity index (χ2v) is 9.33. The molecule has 3 atom stereocenters. The molecular weight excluding hydrogens is 396 g/mol. The number of nitriles is 1. The number of aliphatic carboxylic acids is 1. The maximum absolute atomic E-state index is 12.9. The maximum atomic E-state index is 12.9. The minimum Gasteiger partial charge on any atom is -0.481 e. The summed E-state index contributed by atoms with van der Waals surface area (Å²) in [5.41, 5.74) is 3.50. The summed E-state index contributed by atoms with van der Waals surface area (Å²) in [5.74, 6) is -1.94. The van der Waals surface area contributed by atoms with Gasteiger partial charge in [0.05, 0.1) is 17.4 Å². The molecule has 1 fully saturated rings. The summed E-state index contributed by atoms with van der Waals surface area (Å²) in [5, 5.41) is 22.7. The first-order chi connectivity index (χ1) is 14.4. The fourth-order valence-electron chi connectivity index (χ4n) is 4.25. The van der Waals surface area contributed by atoms with E-state index in [9.17, 15) is 20.0 Å². The number of benzene rings is 1. The smallest absolute Gasteiger partial charge is 0.307 e. The Balaban J connectivity index is 1.88. The zero-order valence-corrected chi connectivity index (χ0v) is 18.5. The number of nitrogens with zero attached hydrogens (tertiary/aromatic N) is 1. The first-order valence-corrected chi connectivity index (χ1v) is 11.4. The summed E-state index contributed by atoms with van der Waals surface area (Å²) >= 11 is 1.38. The number of carbonyl (C=O) groups excluding carboxylic acids is 1. The van der Waals surface area contributed by atoms with Gasteiger partial charge >= 0.3 is 5.97 Å². The Bertz CT molecular complexity index is 972. The number of carboxylic acid groups (broad SMARTS) is 1. The lowest BCUT2D eigenvalue weighted by atomic mass is 9.79. The van der Waals surface area contributed by atoms with Gasteiger partial charge < -0.3 is 10.4 Å². The minimum absolute atomic E-state index is 0.293. The highest BCUT2D eigenvalue weighted by molar-refractivity contribution is 7.17. The summed E-state index contributed by atoms with van der Waals surface area (Å²) < 4.78 is 0. The van der Waals surface area contributed by atoms with Gasteiger partial charge in [-0.15, -0.1) is 11.3 Å². The van der Waals surface area contributed by atoms with Gasteiger partial charge in [-0.1, -0.05) is 51.0 Å². The molecular formula is C24H28N2O3S. The summed E-state index contributed by atoms with van der Waals surface area (Å²) in [6.07, 6.45) is 3.84. The molecule has 5 nitrogen and oxygen atoms in total. The van der Waals surface area contributed by atoms with Gasteiger partial charge in [0.1, 0.15) is 11.1 Å². The molecule has 1 heterocycles. The first-order valence-electron chi connectivity index (χ1n) is 10.5. The first kappa shape index (κ1) is 22.0. The molecule has 6 heteroatoms. The molecule has 1 aromatic heterocycles. The summed E-state index contributed by atoms with van der Waals surface area (Å²) in [4.78, 5) is 25.4. The molecule has 0 aliphatic heterocycles. The zero-order chi connectivity index (χ0) is 21.8. The van der Waals surface area contributed by atoms with Gasteiger partial charge in [0.15, 0.2) is 0 Å². The fourth-order valence-corrected chi connectivity index (χ4v) is 5.28. The topological polar surface area (TPSA) is 90.2 Å². The van der Waals surface area contributed by atoms with Crippen LogP contribution < -0.4 is 5.32 Å². The van der Waals surface area contributed by atoms with Gasteiger partial charge in [0, 0.05) is 10.4 Å². The van der Waals surface area contributed by atoms with Crippen LogP contribution in [0.3, 0.4) is 0 Å². The Kier molecular flexibility index (Phi) is 6.94. The van der Waals surface area contributed by atoms with E-state index in [2.05, 4.69) is 37.4 Å². The van der Waals surface area contributed by atoms with Crippen molar-refractivity contribution in [3.63, 3.8) is 0 Å². The Morgan fingerprint density at radius 3 is 2.43 bits per heavy atom. The van der Waals surface area contributed by atoms with Crippen molar-refractivity contribution in [2.75, 3.05) is 5.32 Å². The maximum Gasteiger partial charge on any atom is 0.307 e. The van der Waals surface area contributed by atoms with Crippen molar-refractivity contribution in [2.24, 2.45) is 11.8 Å². The summed E-state index contributed by atoms with van der Waals surface area (Å²) in [7, 11) is 0. The molecule has 2 aromatic rings. The van der Waals surface area contributed by atoms with E-state index in [1.807, 2.05) is 19.1 Å². The van der Waals surface area contributed by atoms with Crippen LogP contribution >= 0.6 is 11.3 Å². The highest BCUT2D eigenvalue weighted by Gasteiger charge is 2.36. The van der Waals surface area contributed by atoms with E-state index in [1.165, 1.54) is 16.9 Å². The second kappa shape index (κ2) is 9.44. The van der Waals surface area contributed by atoms with E-state index >= 15 is 0 Å². The Hall–Kier alpha value is -2.65. The number of thiophene rings is 1. The molecule has 0 radical (unpaired) electrons. The van der Waals surface area contributed by atoms with E-state index in [4.69, 9.17) is 0 Å². The van der Waals surface area contributed by atoms with Gasteiger partial charge in [0.2, 0.25) is 5.91 Å². The van der Waals surface area contributed by atoms with Crippen LogP contribution in [0.25, 0.3) is 11.1 Å². The van der Waals surface area contributed by atoms with E-state index in [0.29, 0.717) is 29.3 Å². The van der Waals surface area contributed by atoms with Crippen LogP contribution in [-0.2, 0) is 9.59 Å². The number of nitrogens with one attached hydrogen (secondary N) is 1. The number of anilines is 1. The molecule has 1 aromatic carbocycles. The number of aryl methyl sites for hydroxylation is 1. The van der Waals surface area contributed by atoms with E-state index < -0.39 is 17.8 Å². The molecule has 30 heavy (non-hydrogen) atoms. The quantitative estimate of drug-likeness (QED) is 0.600. The molecule has 0 spiro atoms. The number of amides is 1. The molecule has 1 saturated carbocycles. The third-order valence-corrected chi connectivity index (χ3v) is 7.25. The average molecular weight is 425 g/mol. The molecule has 0 saturated heterocycles. The number of rotatable bonds is 6. The summed E-state index contributed by atoms with van der Waals surface area (Å²) in [6.45, 7) is 6.29. The predicted molar refractivity (Wildman–Crippen MR) is 120 cm³/mol. The van der Waals surface area contributed by atoms with Crippen LogP contribution in [0.1, 0.15) is 67.9 Å². The number of carbonyl (C=O) groups is 2. The third-order valence-electron chi connectivity index (χ3n) is 6.23. The Morgan fingerprint density at radius 2 is 1.87 bits per heavy atom. The molecule has 1 aliphatic carbocycles. The lowest BCUT2D eigenvalue weighted by Gasteiger charge is -2.27. The molecule has 1 aliphatic rings. The van der Waals surface area contributed by atoms with Gasteiger partial charge in [-0.25, -0.2) is 0 Å². The molecule has 3 unspecified atom stereocenters. The monoisotopic (exact) mass is 424 g/mol. The normalized spacial score (nSPS) is 19.7. The van der Waals surface area contributed by atoms with Crippen LogP contribution in [0.15, 0.2) is 24.3 Å². The Morgan fingerprint density at radius 1 is 1.23 bits per heavy atom. The standard InChI is InChI=1S/C24H28N2O3S/c1-4-14(2)16-9-11-17(12-10-16)21-15(3)30-23(20(21)13-25)26-22(27)18-7-5-6-8-19(18)24(28)29/h9-12,14,18-19H,4-8H2,1-3H3,(H,26,27)(H,28,29). The molecule has 2 N–H and O–H groups in total. The highest BCUT2D eigenvalue weighted by Crippen LogP contribution is 2.41. The molecule has 158 valence electrons. The van der Waals surface area contributed by atoms with Crippen molar-refractivity contribution >= 4 is 28.2 Å². The van der Waals surface area contributed by atoms with Crippen molar-refractivity contribution in [1.29, 1.82) is 5.26 Å². The predicted octanol–water partition coefficient (Wildman–Crippen LogP) is 5.94. The molecule has 3 rings (SSSR count). The number of hydrogen-bond acceptors (Lipinski definition) is 4. The van der Waals surface area contributed by atoms with Crippen LogP contribution in [0.5, 0.6) is 0 Å². The summed E-state index contributed by atoms with van der Waals surface area (Å²) in [6, 6.07) is 10.5. The van der Waals surface area contributed by atoms with Crippen molar-refractivity contribution in [1.82, 2.24) is 0 Å². The van der Waals surface area contributed by atoms with Crippen molar-refractivity contribution < 1.29 is 14.7 Å². The lowest BCUT2D eigenvalue weighted by Crippen LogP contribution is -2.36. The number of hydrogen-bond donors (Lipinski definition) is 2. The van der Waals surface area contributed by atoms with Crippen molar-refractivity contribution in [3.8, 4) is 17.2 Å². The minimum atomic E-state index is -0.917. The number of carboxylic acids is 1. The van der Waals surface area contributed by atoms with E-state index in [-0.39, 0.29) is 5.91 Å². The Labute approximate surface area is 181 Å². The highest BCUT2D eigenvalue weighted by atomic mass is 32.1. The largest absolute Gasteiger partial charge is 0.481 e. The zero-order valence-electron chi connectivity index (χ0n) is 17.7. The van der Waals surface area contributed by atoms with Gasteiger partial charge in [-0.05, 0) is 43.2 Å². The fraction of sp³-hybridized carbons (Fsp3) is 0.458. The van der Waals surface area contributed by atoms with E-state index in [0.717, 1.165) is 35.3 Å². The van der Waals surface area contributed by atoms with Crippen molar-refractivity contribution in [2.45, 2.75) is 58.8 Å². The SMILES string of the molecule is CCC(C)c1ccc(-c2c(C)sc(NC(=O)C3CCCCC3C(=O)O)c2C#N)cc1. The lowest BCUT2D eigenvalue weighted by molar-refractivity contribution is -0.147. The van der Waals surface area contributed by atoms with Crippen LogP contribution in [0.4, 0.5) is 5.00 Å². The van der Waals surface area contributed by atoms with Gasteiger partial charge in [0.25, 0.3) is 0 Å². The van der Waals surface area contributed by atoms with Crippen LogP contribution in [0, 0.1) is 30.1 Å². The van der Waals surface area contributed by atoms with Crippen molar-refractivity contribution in [3.05, 3.63) is 40.3 Å². The van der Waals surface area contributed by atoms with E-state index in [1.54, 1.807) is 0 Å². The second-order valence-electron chi connectivity index (χ2n) is 8.11. The molecule has 1 amide bonds. The average Bonchev–Trinajstić information content (AvgIpc) is 3.07.